The van der Waals surface area contributed by atoms with Crippen molar-refractivity contribution in [2.45, 2.75) is 98.9 Å². The third-order valence-electron chi connectivity index (χ3n) is 5.67. The minimum absolute atomic E-state index is 0.142. The van der Waals surface area contributed by atoms with Crippen molar-refractivity contribution in [1.82, 2.24) is 15.0 Å². The van der Waals surface area contributed by atoms with Gasteiger partial charge in [-0.15, -0.1) is 5.10 Å². The molecular formula is C27H44BN3O5. The third kappa shape index (κ3) is 11.1. The molecule has 0 aliphatic carbocycles. The first kappa shape index (κ1) is 29.8. The number of rotatable bonds is 14. The van der Waals surface area contributed by atoms with Crippen molar-refractivity contribution < 1.29 is 23.7 Å². The zero-order valence-electron chi connectivity index (χ0n) is 23.6. The Morgan fingerprint density at radius 2 is 1.69 bits per heavy atom. The van der Waals surface area contributed by atoms with Crippen LogP contribution in [-0.2, 0) is 33.7 Å². The molecule has 0 unspecified atom stereocenters. The van der Waals surface area contributed by atoms with Crippen LogP contribution in [0.3, 0.4) is 0 Å². The molecule has 0 aliphatic rings. The van der Waals surface area contributed by atoms with Gasteiger partial charge < -0.3 is 18.9 Å². The SMILES string of the molecule is BCc1ccc(OC(C)=O)c(OCc2cn(CCC(C)(C)OCCC(C)(C)OCC(C)(C)C)nn2)c1. The van der Waals surface area contributed by atoms with Crippen LogP contribution in [0.5, 0.6) is 11.5 Å². The number of hydrogen-bond acceptors (Lipinski definition) is 7. The number of ether oxygens (including phenoxy) is 4. The van der Waals surface area contributed by atoms with E-state index in [4.69, 9.17) is 18.9 Å². The number of aromatic nitrogens is 3. The quantitative estimate of drug-likeness (QED) is 0.216. The van der Waals surface area contributed by atoms with E-state index in [0.29, 0.717) is 30.3 Å². The predicted molar refractivity (Wildman–Crippen MR) is 143 cm³/mol. The van der Waals surface area contributed by atoms with Crippen molar-refractivity contribution in [3.05, 3.63) is 35.7 Å². The molecule has 0 atom stereocenters. The lowest BCUT2D eigenvalue weighted by molar-refractivity contribution is -0.132. The summed E-state index contributed by atoms with van der Waals surface area (Å²) in [5.41, 5.74) is 1.40. The summed E-state index contributed by atoms with van der Waals surface area (Å²) in [4.78, 5) is 11.4. The zero-order chi connectivity index (χ0) is 27.0. The minimum atomic E-state index is -0.388. The third-order valence-corrected chi connectivity index (χ3v) is 5.67. The number of carbonyl (C=O) groups is 1. The Morgan fingerprint density at radius 1 is 1.00 bits per heavy atom. The number of hydrogen-bond donors (Lipinski definition) is 0. The Kier molecular flexibility index (Phi) is 10.5. The number of aryl methyl sites for hydroxylation is 1. The molecule has 0 spiro atoms. The number of esters is 1. The summed E-state index contributed by atoms with van der Waals surface area (Å²) >= 11 is 0. The van der Waals surface area contributed by atoms with E-state index in [1.54, 1.807) is 10.7 Å². The highest BCUT2D eigenvalue weighted by Crippen LogP contribution is 2.29. The molecule has 0 amide bonds. The van der Waals surface area contributed by atoms with E-state index in [1.165, 1.54) is 6.92 Å². The lowest BCUT2D eigenvalue weighted by atomic mass is 9.97. The second-order valence-corrected chi connectivity index (χ2v) is 11.7. The van der Waals surface area contributed by atoms with Crippen LogP contribution in [0, 0.1) is 5.41 Å². The second kappa shape index (κ2) is 12.7. The van der Waals surface area contributed by atoms with E-state index in [0.717, 1.165) is 31.3 Å². The van der Waals surface area contributed by atoms with Crippen molar-refractivity contribution in [2.24, 2.45) is 5.41 Å². The maximum Gasteiger partial charge on any atom is 0.308 e. The smallest absolute Gasteiger partial charge is 0.308 e. The Morgan fingerprint density at radius 3 is 2.33 bits per heavy atom. The van der Waals surface area contributed by atoms with Gasteiger partial charge in [0.25, 0.3) is 0 Å². The molecular weight excluding hydrogens is 457 g/mol. The van der Waals surface area contributed by atoms with Crippen LogP contribution >= 0.6 is 0 Å². The lowest BCUT2D eigenvalue weighted by Crippen LogP contribution is -2.33. The Hall–Kier alpha value is -2.39. The minimum Gasteiger partial charge on any atom is -0.483 e. The summed E-state index contributed by atoms with van der Waals surface area (Å²) in [5, 5.41) is 8.45. The fraction of sp³-hybridized carbons (Fsp3) is 0.667. The number of benzene rings is 1. The molecule has 9 heteroatoms. The fourth-order valence-electron chi connectivity index (χ4n) is 3.30. The van der Waals surface area contributed by atoms with Gasteiger partial charge in [0.1, 0.15) is 20.1 Å². The van der Waals surface area contributed by atoms with E-state index in [2.05, 4.69) is 66.6 Å². The Balaban J connectivity index is 1.83. The standard InChI is InChI=1S/C27H44BN3O5/c1-20(32)36-23-10-9-21(16-28)15-24(23)33-18-22-17-31(30-29-22)13-11-26(5,6)34-14-12-27(7,8)35-19-25(2,3)4/h9-10,15,17H,11-14,16,18-19,28H2,1-8H3. The Bertz CT molecular complexity index is 982. The molecule has 0 fully saturated rings. The normalized spacial score (nSPS) is 12.6. The van der Waals surface area contributed by atoms with E-state index in [9.17, 15) is 4.79 Å². The van der Waals surface area contributed by atoms with Crippen LogP contribution in [0.1, 0.15) is 79.5 Å². The predicted octanol–water partition coefficient (Wildman–Crippen LogP) is 4.33. The summed E-state index contributed by atoms with van der Waals surface area (Å²) < 4.78 is 25.3. The maximum absolute atomic E-state index is 11.4. The molecule has 1 heterocycles. The van der Waals surface area contributed by atoms with Crippen molar-refractivity contribution in [2.75, 3.05) is 13.2 Å². The number of nitrogens with zero attached hydrogens (tertiary/aromatic N) is 3. The highest BCUT2D eigenvalue weighted by atomic mass is 16.6. The fourth-order valence-corrected chi connectivity index (χ4v) is 3.30. The molecule has 1 aromatic carbocycles. The molecule has 0 bridgehead atoms. The number of carbonyl (C=O) groups excluding carboxylic acids is 1. The molecule has 0 saturated heterocycles. The van der Waals surface area contributed by atoms with Crippen LogP contribution in [0.2, 0.25) is 0 Å². The van der Waals surface area contributed by atoms with Gasteiger partial charge in [-0.05, 0) is 58.1 Å². The van der Waals surface area contributed by atoms with Gasteiger partial charge in [-0.2, -0.15) is 0 Å². The molecule has 200 valence electrons. The van der Waals surface area contributed by atoms with Gasteiger partial charge in [0.15, 0.2) is 11.5 Å². The summed E-state index contributed by atoms with van der Waals surface area (Å²) in [6.07, 6.45) is 4.34. The van der Waals surface area contributed by atoms with Crippen LogP contribution < -0.4 is 9.47 Å². The van der Waals surface area contributed by atoms with Gasteiger partial charge in [-0.1, -0.05) is 43.9 Å². The molecule has 1 aromatic heterocycles. The Labute approximate surface area is 217 Å². The van der Waals surface area contributed by atoms with E-state index >= 15 is 0 Å². The zero-order valence-corrected chi connectivity index (χ0v) is 23.6. The first-order valence-electron chi connectivity index (χ1n) is 12.8. The molecule has 0 radical (unpaired) electrons. The molecule has 0 aliphatic heterocycles. The van der Waals surface area contributed by atoms with Gasteiger partial charge >= 0.3 is 5.97 Å². The van der Waals surface area contributed by atoms with Crippen LogP contribution in [0.25, 0.3) is 0 Å². The molecule has 8 nitrogen and oxygen atoms in total. The van der Waals surface area contributed by atoms with Crippen molar-refractivity contribution in [3.63, 3.8) is 0 Å². The van der Waals surface area contributed by atoms with Gasteiger partial charge in [0.2, 0.25) is 0 Å². The van der Waals surface area contributed by atoms with E-state index in [1.807, 2.05) is 18.3 Å². The summed E-state index contributed by atoms with van der Waals surface area (Å²) in [6.45, 7) is 18.6. The average Bonchev–Trinajstić information content (AvgIpc) is 3.23. The highest BCUT2D eigenvalue weighted by Gasteiger charge is 2.25. The van der Waals surface area contributed by atoms with Crippen molar-refractivity contribution in [1.29, 1.82) is 0 Å². The molecule has 0 N–H and O–H groups in total. The average molecular weight is 501 g/mol. The van der Waals surface area contributed by atoms with Crippen LogP contribution in [0.15, 0.2) is 24.4 Å². The molecule has 2 rings (SSSR count). The highest BCUT2D eigenvalue weighted by molar-refractivity contribution is 6.08. The summed E-state index contributed by atoms with van der Waals surface area (Å²) in [7, 11) is 2.06. The monoisotopic (exact) mass is 501 g/mol. The molecule has 36 heavy (non-hydrogen) atoms. The van der Waals surface area contributed by atoms with Gasteiger partial charge in [-0.3, -0.25) is 9.48 Å². The lowest BCUT2D eigenvalue weighted by Gasteiger charge is -2.32. The maximum atomic E-state index is 11.4. The largest absolute Gasteiger partial charge is 0.483 e. The van der Waals surface area contributed by atoms with Crippen molar-refractivity contribution >= 4 is 13.8 Å². The van der Waals surface area contributed by atoms with E-state index < -0.39 is 0 Å². The van der Waals surface area contributed by atoms with Gasteiger partial charge in [0, 0.05) is 13.5 Å². The van der Waals surface area contributed by atoms with Crippen molar-refractivity contribution in [3.8, 4) is 11.5 Å². The first-order valence-corrected chi connectivity index (χ1v) is 12.8. The second-order valence-electron chi connectivity index (χ2n) is 11.7. The van der Waals surface area contributed by atoms with E-state index in [-0.39, 0.29) is 29.2 Å². The summed E-state index contributed by atoms with van der Waals surface area (Å²) in [6, 6.07) is 5.56. The van der Waals surface area contributed by atoms with Gasteiger partial charge in [0.05, 0.1) is 30.6 Å². The van der Waals surface area contributed by atoms with Gasteiger partial charge in [-0.25, -0.2) is 0 Å². The first-order chi connectivity index (χ1) is 16.7. The topological polar surface area (TPSA) is 84.7 Å². The van der Waals surface area contributed by atoms with Crippen LogP contribution in [-0.4, -0.2) is 53.2 Å². The molecule has 0 saturated carbocycles. The summed E-state index contributed by atoms with van der Waals surface area (Å²) in [5.74, 6) is 0.530. The van der Waals surface area contributed by atoms with Crippen LogP contribution in [0.4, 0.5) is 0 Å². The molecule has 2 aromatic rings.